The van der Waals surface area contributed by atoms with E-state index in [1.54, 1.807) is 4.90 Å². The Morgan fingerprint density at radius 1 is 1.22 bits per heavy atom. The second-order valence-corrected chi connectivity index (χ2v) is 6.86. The maximum Gasteiger partial charge on any atom is 0.249 e. The molecular weight excluding hydrogens is 290 g/mol. The van der Waals surface area contributed by atoms with Gasteiger partial charge in [-0.05, 0) is 38.3 Å². The monoisotopic (exact) mass is 315 g/mol. The molecule has 5 heteroatoms. The number of benzene rings is 1. The molecule has 1 aromatic rings. The van der Waals surface area contributed by atoms with Gasteiger partial charge in [0.25, 0.3) is 0 Å². The molecule has 1 saturated carbocycles. The number of rotatable bonds is 3. The third-order valence-electron chi connectivity index (χ3n) is 5.05. The van der Waals surface area contributed by atoms with Gasteiger partial charge in [0.15, 0.2) is 0 Å². The van der Waals surface area contributed by atoms with Crippen molar-refractivity contribution >= 4 is 17.5 Å². The van der Waals surface area contributed by atoms with Crippen molar-refractivity contribution in [3.8, 4) is 0 Å². The third kappa shape index (κ3) is 3.24. The second-order valence-electron chi connectivity index (χ2n) is 6.86. The molecule has 1 aliphatic heterocycles. The Bertz CT molecular complexity index is 591. The molecule has 3 N–H and O–H groups in total. The topological polar surface area (TPSA) is 75.4 Å². The van der Waals surface area contributed by atoms with Crippen LogP contribution in [-0.4, -0.2) is 29.9 Å². The van der Waals surface area contributed by atoms with Gasteiger partial charge in [-0.1, -0.05) is 37.0 Å². The van der Waals surface area contributed by atoms with Crippen LogP contribution in [0.5, 0.6) is 0 Å². The Morgan fingerprint density at radius 2 is 1.87 bits per heavy atom. The summed E-state index contributed by atoms with van der Waals surface area (Å²) >= 11 is 0. The summed E-state index contributed by atoms with van der Waals surface area (Å²) in [6, 6.07) is 7.43. The first-order chi connectivity index (χ1) is 11.0. The lowest BCUT2D eigenvalue weighted by Gasteiger charge is -2.32. The minimum Gasteiger partial charge on any atom is -0.343 e. The van der Waals surface area contributed by atoms with Crippen LogP contribution >= 0.6 is 0 Å². The van der Waals surface area contributed by atoms with Gasteiger partial charge in [-0.15, -0.1) is 0 Å². The summed E-state index contributed by atoms with van der Waals surface area (Å²) in [5, 5.41) is 2.89. The number of hydrogen-bond acceptors (Lipinski definition) is 3. The molecule has 2 fully saturated rings. The average molecular weight is 315 g/mol. The maximum absolute atomic E-state index is 12.6. The van der Waals surface area contributed by atoms with Crippen molar-refractivity contribution in [2.24, 2.45) is 5.73 Å². The van der Waals surface area contributed by atoms with Crippen LogP contribution in [-0.2, 0) is 9.59 Å². The molecular formula is C18H25N3O2. The maximum atomic E-state index is 12.6. The predicted molar refractivity (Wildman–Crippen MR) is 90.1 cm³/mol. The number of nitrogens with one attached hydrogen (secondary N) is 1. The normalized spacial score (nSPS) is 23.8. The van der Waals surface area contributed by atoms with E-state index in [9.17, 15) is 9.59 Å². The first-order valence-corrected chi connectivity index (χ1v) is 8.47. The predicted octanol–water partition coefficient (Wildman–Crippen LogP) is 1.88. The van der Waals surface area contributed by atoms with Gasteiger partial charge in [0.1, 0.15) is 6.04 Å². The first-order valence-electron chi connectivity index (χ1n) is 8.47. The lowest BCUT2D eigenvalue weighted by atomic mass is 9.81. The van der Waals surface area contributed by atoms with Gasteiger partial charge < -0.3 is 16.0 Å². The highest BCUT2D eigenvalue weighted by Gasteiger charge is 2.40. The van der Waals surface area contributed by atoms with Gasteiger partial charge in [0.2, 0.25) is 11.8 Å². The van der Waals surface area contributed by atoms with E-state index in [0.717, 1.165) is 30.5 Å². The standard InChI is InChI=1S/C18H25N3O2/c1-13-5-7-14(8-6-13)21-12-9-15(16(21)22)20-17(23)18(19)10-3-2-4-11-18/h5-8,15H,2-4,9-12,19H2,1H3,(H,20,23). The molecule has 0 radical (unpaired) electrons. The fourth-order valence-corrected chi connectivity index (χ4v) is 3.51. The summed E-state index contributed by atoms with van der Waals surface area (Å²) in [5.74, 6) is -0.206. The van der Waals surface area contributed by atoms with E-state index in [-0.39, 0.29) is 11.8 Å². The fourth-order valence-electron chi connectivity index (χ4n) is 3.51. The summed E-state index contributed by atoms with van der Waals surface area (Å²) in [5.41, 5.74) is 7.50. The molecule has 0 aromatic heterocycles. The zero-order chi connectivity index (χ0) is 16.4. The molecule has 2 amide bonds. The fraction of sp³-hybridized carbons (Fsp3) is 0.556. The summed E-state index contributed by atoms with van der Waals surface area (Å²) in [6.07, 6.45) is 5.16. The number of carbonyl (C=O) groups is 2. The van der Waals surface area contributed by atoms with Crippen molar-refractivity contribution in [1.82, 2.24) is 5.32 Å². The lowest BCUT2D eigenvalue weighted by Crippen LogP contribution is -2.58. The lowest BCUT2D eigenvalue weighted by molar-refractivity contribution is -0.131. The summed E-state index contributed by atoms with van der Waals surface area (Å²) in [7, 11) is 0. The van der Waals surface area contributed by atoms with Gasteiger partial charge in [-0.25, -0.2) is 0 Å². The Morgan fingerprint density at radius 3 is 2.52 bits per heavy atom. The number of anilines is 1. The van der Waals surface area contributed by atoms with E-state index in [4.69, 9.17) is 5.73 Å². The van der Waals surface area contributed by atoms with Gasteiger partial charge in [-0.3, -0.25) is 9.59 Å². The molecule has 3 rings (SSSR count). The summed E-state index contributed by atoms with van der Waals surface area (Å²) in [6.45, 7) is 2.65. The van der Waals surface area contributed by atoms with Crippen molar-refractivity contribution in [2.75, 3.05) is 11.4 Å². The molecule has 0 bridgehead atoms. The van der Waals surface area contributed by atoms with Crippen molar-refractivity contribution in [1.29, 1.82) is 0 Å². The smallest absolute Gasteiger partial charge is 0.249 e. The Hall–Kier alpha value is -1.88. The zero-order valence-corrected chi connectivity index (χ0v) is 13.7. The number of aryl methyl sites for hydroxylation is 1. The number of hydrogen-bond donors (Lipinski definition) is 2. The highest BCUT2D eigenvalue weighted by Crippen LogP contribution is 2.27. The molecule has 1 unspecified atom stereocenters. The molecule has 124 valence electrons. The van der Waals surface area contributed by atoms with Crippen LogP contribution in [0.1, 0.15) is 44.1 Å². The van der Waals surface area contributed by atoms with E-state index in [2.05, 4.69) is 5.32 Å². The average Bonchev–Trinajstić information content (AvgIpc) is 2.90. The highest BCUT2D eigenvalue weighted by atomic mass is 16.2. The molecule has 1 saturated heterocycles. The Labute approximate surface area is 137 Å². The first kappa shape index (κ1) is 16.0. The minimum absolute atomic E-state index is 0.0402. The van der Waals surface area contributed by atoms with Crippen molar-refractivity contribution < 1.29 is 9.59 Å². The largest absolute Gasteiger partial charge is 0.343 e. The van der Waals surface area contributed by atoms with Crippen LogP contribution in [0.4, 0.5) is 5.69 Å². The van der Waals surface area contributed by atoms with Crippen LogP contribution in [0, 0.1) is 6.92 Å². The van der Waals surface area contributed by atoms with Crippen LogP contribution in [0.25, 0.3) is 0 Å². The minimum atomic E-state index is -0.796. The third-order valence-corrected chi connectivity index (χ3v) is 5.05. The zero-order valence-electron chi connectivity index (χ0n) is 13.7. The Kier molecular flexibility index (Phi) is 4.39. The van der Waals surface area contributed by atoms with Crippen LogP contribution in [0.2, 0.25) is 0 Å². The van der Waals surface area contributed by atoms with E-state index in [1.165, 1.54) is 0 Å². The van der Waals surface area contributed by atoms with Gasteiger partial charge in [-0.2, -0.15) is 0 Å². The van der Waals surface area contributed by atoms with Crippen molar-refractivity contribution in [2.45, 2.75) is 57.0 Å². The molecule has 1 aliphatic carbocycles. The second kappa shape index (κ2) is 6.32. The molecule has 5 nitrogen and oxygen atoms in total. The van der Waals surface area contributed by atoms with E-state index >= 15 is 0 Å². The van der Waals surface area contributed by atoms with Crippen LogP contribution in [0.15, 0.2) is 24.3 Å². The van der Waals surface area contributed by atoms with E-state index in [1.807, 2.05) is 31.2 Å². The Balaban J connectivity index is 1.65. The molecule has 1 heterocycles. The van der Waals surface area contributed by atoms with Crippen LogP contribution < -0.4 is 16.0 Å². The van der Waals surface area contributed by atoms with Gasteiger partial charge in [0.05, 0.1) is 5.54 Å². The molecule has 1 atom stereocenters. The summed E-state index contributed by atoms with van der Waals surface area (Å²) < 4.78 is 0. The van der Waals surface area contributed by atoms with Gasteiger partial charge >= 0.3 is 0 Å². The molecule has 2 aliphatic rings. The molecule has 0 spiro atoms. The number of amides is 2. The SMILES string of the molecule is Cc1ccc(N2CCC(NC(=O)C3(N)CCCCC3)C2=O)cc1. The van der Waals surface area contributed by atoms with Crippen molar-refractivity contribution in [3.63, 3.8) is 0 Å². The van der Waals surface area contributed by atoms with Crippen LogP contribution in [0.3, 0.4) is 0 Å². The molecule has 23 heavy (non-hydrogen) atoms. The quantitative estimate of drug-likeness (QED) is 0.894. The molecule has 1 aromatic carbocycles. The summed E-state index contributed by atoms with van der Waals surface area (Å²) in [4.78, 5) is 26.8. The van der Waals surface area contributed by atoms with E-state index in [0.29, 0.717) is 25.8 Å². The number of nitrogens with zero attached hydrogens (tertiary/aromatic N) is 1. The van der Waals surface area contributed by atoms with Crippen molar-refractivity contribution in [3.05, 3.63) is 29.8 Å². The number of nitrogens with two attached hydrogens (primary N) is 1. The highest BCUT2D eigenvalue weighted by molar-refractivity contribution is 6.02. The van der Waals surface area contributed by atoms with E-state index < -0.39 is 11.6 Å². The van der Waals surface area contributed by atoms with Gasteiger partial charge in [0, 0.05) is 12.2 Å². The number of carbonyl (C=O) groups excluding carboxylic acids is 2.